The van der Waals surface area contributed by atoms with Crippen LogP contribution >= 0.6 is 0 Å². The van der Waals surface area contributed by atoms with Gasteiger partial charge in [0.05, 0.1) is 12.7 Å². The fourth-order valence-electron chi connectivity index (χ4n) is 1.94. The fourth-order valence-corrected chi connectivity index (χ4v) is 1.94. The highest BCUT2D eigenvalue weighted by atomic mass is 16.5. The maximum Gasteiger partial charge on any atom is 0.157 e. The molecule has 0 unspecified atom stereocenters. The number of ether oxygens (including phenoxy) is 1. The van der Waals surface area contributed by atoms with E-state index in [0.29, 0.717) is 24.2 Å². The number of carbonyl (C=O) groups is 1. The van der Waals surface area contributed by atoms with Crippen molar-refractivity contribution in [3.8, 4) is 5.75 Å². The molecule has 6 heteroatoms. The second kappa shape index (κ2) is 6.01. The molecule has 0 spiro atoms. The van der Waals surface area contributed by atoms with Crippen LogP contribution in [0.3, 0.4) is 0 Å². The first-order valence-electron chi connectivity index (χ1n) is 6.18. The van der Waals surface area contributed by atoms with Gasteiger partial charge in [0.15, 0.2) is 6.29 Å². The molecule has 2 rings (SSSR count). The zero-order valence-corrected chi connectivity index (χ0v) is 11.4. The summed E-state index contributed by atoms with van der Waals surface area (Å²) in [5, 5.41) is 0. The smallest absolute Gasteiger partial charge is 0.157 e. The van der Waals surface area contributed by atoms with Gasteiger partial charge in [0, 0.05) is 12.2 Å². The molecule has 0 amide bonds. The van der Waals surface area contributed by atoms with E-state index in [2.05, 4.69) is 9.97 Å². The third-order valence-corrected chi connectivity index (χ3v) is 2.97. The van der Waals surface area contributed by atoms with Crippen LogP contribution in [-0.4, -0.2) is 29.9 Å². The number of aromatic nitrogens is 2. The average Bonchev–Trinajstić information content (AvgIpc) is 2.49. The molecule has 1 aromatic carbocycles. The lowest BCUT2D eigenvalue weighted by molar-refractivity contribution is 0.112. The van der Waals surface area contributed by atoms with Crippen molar-refractivity contribution >= 4 is 23.6 Å². The molecule has 104 valence electrons. The van der Waals surface area contributed by atoms with Crippen LogP contribution in [0.4, 0.5) is 17.3 Å². The summed E-state index contributed by atoms with van der Waals surface area (Å²) >= 11 is 0. The lowest BCUT2D eigenvalue weighted by atomic mass is 10.2. The summed E-state index contributed by atoms with van der Waals surface area (Å²) in [7, 11) is 1.61. The minimum atomic E-state index is 0.178. The van der Waals surface area contributed by atoms with Crippen LogP contribution in [0.5, 0.6) is 5.75 Å². The number of aldehydes is 1. The van der Waals surface area contributed by atoms with Gasteiger partial charge in [-0.15, -0.1) is 0 Å². The first-order chi connectivity index (χ1) is 9.71. The first kappa shape index (κ1) is 13.8. The summed E-state index contributed by atoms with van der Waals surface area (Å²) < 4.78 is 5.13. The van der Waals surface area contributed by atoms with Crippen molar-refractivity contribution in [1.82, 2.24) is 9.97 Å². The number of benzene rings is 1. The maximum absolute atomic E-state index is 11.2. The van der Waals surface area contributed by atoms with Crippen LogP contribution in [0.15, 0.2) is 30.6 Å². The van der Waals surface area contributed by atoms with Crippen molar-refractivity contribution in [1.29, 1.82) is 0 Å². The predicted octanol–water partition coefficient (Wildman–Crippen LogP) is 2.04. The highest BCUT2D eigenvalue weighted by Crippen LogP contribution is 2.28. The highest BCUT2D eigenvalue weighted by molar-refractivity contribution is 5.90. The Bertz CT molecular complexity index is 599. The molecule has 1 heterocycles. The second-order valence-electron chi connectivity index (χ2n) is 4.06. The van der Waals surface area contributed by atoms with Gasteiger partial charge in [0.1, 0.15) is 23.7 Å². The van der Waals surface area contributed by atoms with Gasteiger partial charge in [0.2, 0.25) is 0 Å². The van der Waals surface area contributed by atoms with Crippen molar-refractivity contribution in [2.24, 2.45) is 0 Å². The van der Waals surface area contributed by atoms with Gasteiger partial charge >= 0.3 is 0 Å². The van der Waals surface area contributed by atoms with E-state index >= 15 is 0 Å². The second-order valence-corrected chi connectivity index (χ2v) is 4.06. The number of carbonyl (C=O) groups excluding carboxylic acids is 1. The number of anilines is 3. The number of hydrogen-bond donors (Lipinski definition) is 1. The Morgan fingerprint density at radius 2 is 2.00 bits per heavy atom. The number of hydrogen-bond acceptors (Lipinski definition) is 6. The minimum absolute atomic E-state index is 0.178. The lowest BCUT2D eigenvalue weighted by Gasteiger charge is -2.23. The van der Waals surface area contributed by atoms with Crippen LogP contribution in [0.25, 0.3) is 0 Å². The Morgan fingerprint density at radius 3 is 2.55 bits per heavy atom. The summed E-state index contributed by atoms with van der Waals surface area (Å²) in [6.07, 6.45) is 2.03. The van der Waals surface area contributed by atoms with Crippen molar-refractivity contribution in [2.45, 2.75) is 6.92 Å². The molecular formula is C14H16N4O2. The third-order valence-electron chi connectivity index (χ3n) is 2.97. The van der Waals surface area contributed by atoms with Gasteiger partial charge in [-0.2, -0.15) is 0 Å². The van der Waals surface area contributed by atoms with Crippen LogP contribution in [0, 0.1) is 0 Å². The van der Waals surface area contributed by atoms with E-state index in [1.54, 1.807) is 7.11 Å². The Labute approximate surface area is 117 Å². The predicted molar refractivity (Wildman–Crippen MR) is 77.5 cm³/mol. The maximum atomic E-state index is 11.2. The Morgan fingerprint density at radius 1 is 1.30 bits per heavy atom. The van der Waals surface area contributed by atoms with E-state index in [1.165, 1.54) is 6.33 Å². The third kappa shape index (κ3) is 2.54. The molecule has 0 saturated heterocycles. The highest BCUT2D eigenvalue weighted by Gasteiger charge is 2.16. The van der Waals surface area contributed by atoms with Crippen molar-refractivity contribution in [3.63, 3.8) is 0 Å². The zero-order chi connectivity index (χ0) is 14.5. The topological polar surface area (TPSA) is 81.3 Å². The van der Waals surface area contributed by atoms with Gasteiger partial charge in [0.25, 0.3) is 0 Å². The monoisotopic (exact) mass is 272 g/mol. The molecule has 0 aliphatic heterocycles. The van der Waals surface area contributed by atoms with E-state index in [4.69, 9.17) is 10.5 Å². The number of nitrogen functional groups attached to an aromatic ring is 1. The molecule has 1 aromatic heterocycles. The van der Waals surface area contributed by atoms with Crippen molar-refractivity contribution < 1.29 is 9.53 Å². The SMILES string of the molecule is CCN(c1ccc(OC)cc1)c1ncnc(N)c1C=O. The number of nitrogens with zero attached hydrogens (tertiary/aromatic N) is 3. The molecule has 0 fully saturated rings. The van der Waals surface area contributed by atoms with Gasteiger partial charge in [-0.3, -0.25) is 4.79 Å². The van der Waals surface area contributed by atoms with Crippen LogP contribution in [0.1, 0.15) is 17.3 Å². The van der Waals surface area contributed by atoms with Crippen LogP contribution in [0.2, 0.25) is 0 Å². The van der Waals surface area contributed by atoms with E-state index in [-0.39, 0.29) is 5.82 Å². The summed E-state index contributed by atoms with van der Waals surface area (Å²) in [4.78, 5) is 21.1. The minimum Gasteiger partial charge on any atom is -0.497 e. The number of methoxy groups -OCH3 is 1. The Kier molecular flexibility index (Phi) is 4.14. The summed E-state index contributed by atoms with van der Waals surface area (Å²) in [6, 6.07) is 7.50. The molecule has 2 N–H and O–H groups in total. The van der Waals surface area contributed by atoms with Gasteiger partial charge in [-0.25, -0.2) is 9.97 Å². The molecule has 20 heavy (non-hydrogen) atoms. The summed E-state index contributed by atoms with van der Waals surface area (Å²) in [6.45, 7) is 2.61. The van der Waals surface area contributed by atoms with Gasteiger partial charge in [-0.05, 0) is 31.2 Å². The average molecular weight is 272 g/mol. The van der Waals surface area contributed by atoms with E-state index in [9.17, 15) is 4.79 Å². The summed E-state index contributed by atoms with van der Waals surface area (Å²) in [5.74, 6) is 1.44. The molecule has 6 nitrogen and oxygen atoms in total. The van der Waals surface area contributed by atoms with E-state index in [0.717, 1.165) is 11.4 Å². The van der Waals surface area contributed by atoms with Crippen LogP contribution < -0.4 is 15.4 Å². The lowest BCUT2D eigenvalue weighted by Crippen LogP contribution is -2.20. The zero-order valence-electron chi connectivity index (χ0n) is 11.4. The van der Waals surface area contributed by atoms with E-state index < -0.39 is 0 Å². The fraction of sp³-hybridized carbons (Fsp3) is 0.214. The molecule has 0 atom stereocenters. The largest absolute Gasteiger partial charge is 0.497 e. The van der Waals surface area contributed by atoms with Crippen molar-refractivity contribution in [3.05, 3.63) is 36.2 Å². The molecule has 0 saturated carbocycles. The van der Waals surface area contributed by atoms with E-state index in [1.807, 2.05) is 36.1 Å². The molecule has 0 aliphatic rings. The van der Waals surface area contributed by atoms with Gasteiger partial charge in [-0.1, -0.05) is 0 Å². The number of nitrogens with two attached hydrogens (primary N) is 1. The standard InChI is InChI=1S/C14H16N4O2/c1-3-18(10-4-6-11(20-2)7-5-10)14-12(8-19)13(15)16-9-17-14/h4-9H,3H2,1-2H3,(H2,15,16,17). The quantitative estimate of drug-likeness (QED) is 0.839. The van der Waals surface area contributed by atoms with Crippen molar-refractivity contribution in [2.75, 3.05) is 24.3 Å². The molecule has 2 aromatic rings. The first-order valence-corrected chi connectivity index (χ1v) is 6.18. The van der Waals surface area contributed by atoms with Crippen LogP contribution in [-0.2, 0) is 0 Å². The Balaban J connectivity index is 2.46. The van der Waals surface area contributed by atoms with Gasteiger partial charge < -0.3 is 15.4 Å². The molecule has 0 bridgehead atoms. The molecular weight excluding hydrogens is 256 g/mol. The molecule has 0 radical (unpaired) electrons. The molecule has 0 aliphatic carbocycles. The normalized spacial score (nSPS) is 10.1. The number of rotatable bonds is 5. The Hall–Kier alpha value is -2.63. The summed E-state index contributed by atoms with van der Waals surface area (Å²) in [5.41, 5.74) is 6.91.